The average Bonchev–Trinajstić information content (AvgIpc) is 3.19. The molecule has 0 atom stereocenters. The lowest BCUT2D eigenvalue weighted by molar-refractivity contribution is 0.206. The number of sulfonamides is 1. The first-order valence-electron chi connectivity index (χ1n) is 8.34. The third-order valence-electron chi connectivity index (χ3n) is 4.86. The summed E-state index contributed by atoms with van der Waals surface area (Å²) >= 11 is 0. The molecular formula is C15H26N4O2S. The van der Waals surface area contributed by atoms with Crippen LogP contribution in [0.2, 0.25) is 0 Å². The van der Waals surface area contributed by atoms with Crippen LogP contribution in [0.25, 0.3) is 0 Å². The SMILES string of the molecule is CCn1cc(S(=O)(=O)N2CCC(CN3CCCC3)CC2)cn1. The number of piperidine rings is 1. The maximum atomic E-state index is 12.6. The molecule has 2 fully saturated rings. The molecule has 1 aromatic heterocycles. The summed E-state index contributed by atoms with van der Waals surface area (Å²) in [4.78, 5) is 2.85. The van der Waals surface area contributed by atoms with Gasteiger partial charge in [-0.25, -0.2) is 8.42 Å². The molecule has 0 amide bonds. The fourth-order valence-electron chi connectivity index (χ4n) is 3.46. The summed E-state index contributed by atoms with van der Waals surface area (Å²) < 4.78 is 28.5. The van der Waals surface area contributed by atoms with Crippen molar-refractivity contribution in [2.45, 2.75) is 44.0 Å². The third kappa shape index (κ3) is 3.36. The minimum absolute atomic E-state index is 0.326. The van der Waals surface area contributed by atoms with Crippen molar-refractivity contribution >= 4 is 10.0 Å². The van der Waals surface area contributed by atoms with Crippen molar-refractivity contribution < 1.29 is 8.42 Å². The summed E-state index contributed by atoms with van der Waals surface area (Å²) in [5.41, 5.74) is 0. The lowest BCUT2D eigenvalue weighted by Gasteiger charge is -2.32. The fraction of sp³-hybridized carbons (Fsp3) is 0.800. The maximum Gasteiger partial charge on any atom is 0.246 e. The zero-order valence-corrected chi connectivity index (χ0v) is 14.1. The van der Waals surface area contributed by atoms with Crippen LogP contribution in [0, 0.1) is 5.92 Å². The normalized spacial score (nSPS) is 22.4. The van der Waals surface area contributed by atoms with E-state index in [1.54, 1.807) is 15.2 Å². The third-order valence-corrected chi connectivity index (χ3v) is 6.71. The zero-order chi connectivity index (χ0) is 15.6. The van der Waals surface area contributed by atoms with E-state index in [0.717, 1.165) is 19.4 Å². The molecule has 0 bridgehead atoms. The molecule has 0 saturated carbocycles. The minimum Gasteiger partial charge on any atom is -0.303 e. The molecule has 3 rings (SSSR count). The molecule has 0 N–H and O–H groups in total. The van der Waals surface area contributed by atoms with E-state index < -0.39 is 10.0 Å². The molecule has 124 valence electrons. The van der Waals surface area contributed by atoms with Gasteiger partial charge in [-0.2, -0.15) is 9.40 Å². The molecule has 0 unspecified atom stereocenters. The number of hydrogen-bond acceptors (Lipinski definition) is 4. The molecule has 2 saturated heterocycles. The van der Waals surface area contributed by atoms with Gasteiger partial charge in [-0.05, 0) is 51.6 Å². The van der Waals surface area contributed by atoms with E-state index >= 15 is 0 Å². The molecule has 22 heavy (non-hydrogen) atoms. The first-order chi connectivity index (χ1) is 10.6. The molecule has 3 heterocycles. The second kappa shape index (κ2) is 6.68. The standard InChI is InChI=1S/C15H26N4O2S/c1-2-18-13-15(11-16-18)22(20,21)19-9-5-14(6-10-19)12-17-7-3-4-8-17/h11,13-14H,2-10,12H2,1H3. The van der Waals surface area contributed by atoms with Crippen molar-refractivity contribution in [1.29, 1.82) is 0 Å². The summed E-state index contributed by atoms with van der Waals surface area (Å²) in [5, 5.41) is 4.08. The lowest BCUT2D eigenvalue weighted by atomic mass is 9.98. The molecular weight excluding hydrogens is 300 g/mol. The molecule has 0 aliphatic carbocycles. The van der Waals surface area contributed by atoms with Crippen molar-refractivity contribution in [2.75, 3.05) is 32.7 Å². The Hall–Kier alpha value is -0.920. The van der Waals surface area contributed by atoms with Crippen LogP contribution >= 0.6 is 0 Å². The van der Waals surface area contributed by atoms with E-state index in [1.807, 2.05) is 6.92 Å². The number of aromatic nitrogens is 2. The second-order valence-corrected chi connectivity index (χ2v) is 8.32. The lowest BCUT2D eigenvalue weighted by Crippen LogP contribution is -2.41. The summed E-state index contributed by atoms with van der Waals surface area (Å²) in [7, 11) is -3.37. The van der Waals surface area contributed by atoms with Crippen molar-refractivity contribution in [3.05, 3.63) is 12.4 Å². The van der Waals surface area contributed by atoms with E-state index in [2.05, 4.69) is 10.00 Å². The Morgan fingerprint density at radius 1 is 1.18 bits per heavy atom. The summed E-state index contributed by atoms with van der Waals surface area (Å²) in [6.07, 6.45) is 7.67. The Morgan fingerprint density at radius 2 is 1.86 bits per heavy atom. The molecule has 1 aromatic rings. The Morgan fingerprint density at radius 3 is 2.45 bits per heavy atom. The Bertz CT molecular complexity index is 584. The first-order valence-corrected chi connectivity index (χ1v) is 9.78. The van der Waals surface area contributed by atoms with Crippen LogP contribution in [-0.2, 0) is 16.6 Å². The highest BCUT2D eigenvalue weighted by molar-refractivity contribution is 7.89. The molecule has 2 aliphatic rings. The van der Waals surface area contributed by atoms with Crippen LogP contribution < -0.4 is 0 Å². The van der Waals surface area contributed by atoms with Gasteiger partial charge in [0.25, 0.3) is 0 Å². The highest BCUT2D eigenvalue weighted by atomic mass is 32.2. The summed E-state index contributed by atoms with van der Waals surface area (Å²) in [5.74, 6) is 0.642. The van der Waals surface area contributed by atoms with E-state index in [4.69, 9.17) is 0 Å². The quantitative estimate of drug-likeness (QED) is 0.821. The number of likely N-dealkylation sites (tertiary alicyclic amines) is 1. The average molecular weight is 326 g/mol. The van der Waals surface area contributed by atoms with Crippen LogP contribution in [0.4, 0.5) is 0 Å². The van der Waals surface area contributed by atoms with Crippen molar-refractivity contribution in [1.82, 2.24) is 19.0 Å². The molecule has 6 nitrogen and oxygen atoms in total. The first kappa shape index (κ1) is 16.0. The second-order valence-electron chi connectivity index (χ2n) is 6.39. The Labute approximate surface area is 133 Å². The molecule has 0 radical (unpaired) electrons. The van der Waals surface area contributed by atoms with E-state index in [-0.39, 0.29) is 0 Å². The smallest absolute Gasteiger partial charge is 0.246 e. The van der Waals surface area contributed by atoms with Gasteiger partial charge >= 0.3 is 0 Å². The minimum atomic E-state index is -3.37. The monoisotopic (exact) mass is 326 g/mol. The highest BCUT2D eigenvalue weighted by Crippen LogP contribution is 2.25. The van der Waals surface area contributed by atoms with Gasteiger partial charge in [-0.1, -0.05) is 0 Å². The van der Waals surface area contributed by atoms with Gasteiger partial charge in [-0.15, -0.1) is 0 Å². The van der Waals surface area contributed by atoms with Crippen LogP contribution in [0.15, 0.2) is 17.3 Å². The van der Waals surface area contributed by atoms with Gasteiger partial charge in [0.2, 0.25) is 10.0 Å². The summed E-state index contributed by atoms with van der Waals surface area (Å²) in [6, 6.07) is 0. The van der Waals surface area contributed by atoms with Crippen molar-refractivity contribution in [3.8, 4) is 0 Å². The highest BCUT2D eigenvalue weighted by Gasteiger charge is 2.31. The largest absolute Gasteiger partial charge is 0.303 e. The van der Waals surface area contributed by atoms with Gasteiger partial charge in [0.1, 0.15) is 4.90 Å². The summed E-state index contributed by atoms with van der Waals surface area (Å²) in [6.45, 7) is 7.49. The van der Waals surface area contributed by atoms with Gasteiger partial charge in [0.05, 0.1) is 6.20 Å². The number of rotatable bonds is 5. The van der Waals surface area contributed by atoms with Crippen LogP contribution in [0.3, 0.4) is 0 Å². The van der Waals surface area contributed by atoms with Crippen LogP contribution in [0.5, 0.6) is 0 Å². The maximum absolute atomic E-state index is 12.6. The fourth-order valence-corrected chi connectivity index (χ4v) is 4.89. The Balaban J connectivity index is 1.57. The predicted octanol–water partition coefficient (Wildman–Crippen LogP) is 1.40. The molecule has 2 aliphatic heterocycles. The van der Waals surface area contributed by atoms with E-state index in [0.29, 0.717) is 30.4 Å². The van der Waals surface area contributed by atoms with Crippen LogP contribution in [0.1, 0.15) is 32.6 Å². The van der Waals surface area contributed by atoms with Gasteiger partial charge in [-0.3, -0.25) is 4.68 Å². The van der Waals surface area contributed by atoms with Crippen molar-refractivity contribution in [2.24, 2.45) is 5.92 Å². The van der Waals surface area contributed by atoms with Gasteiger partial charge in [0, 0.05) is 32.4 Å². The van der Waals surface area contributed by atoms with Crippen molar-refractivity contribution in [3.63, 3.8) is 0 Å². The number of hydrogen-bond donors (Lipinski definition) is 0. The molecule has 7 heteroatoms. The van der Waals surface area contributed by atoms with Gasteiger partial charge in [0.15, 0.2) is 0 Å². The number of aryl methyl sites for hydroxylation is 1. The van der Waals surface area contributed by atoms with E-state index in [9.17, 15) is 8.42 Å². The zero-order valence-electron chi connectivity index (χ0n) is 13.3. The van der Waals surface area contributed by atoms with Gasteiger partial charge < -0.3 is 4.90 Å². The predicted molar refractivity (Wildman–Crippen MR) is 85.1 cm³/mol. The molecule has 0 spiro atoms. The number of nitrogens with zero attached hydrogens (tertiary/aromatic N) is 4. The van der Waals surface area contributed by atoms with Crippen LogP contribution in [-0.4, -0.2) is 60.1 Å². The topological polar surface area (TPSA) is 58.4 Å². The van der Waals surface area contributed by atoms with E-state index in [1.165, 1.54) is 32.1 Å². The molecule has 0 aromatic carbocycles. The Kier molecular flexibility index (Phi) is 4.84.